The summed E-state index contributed by atoms with van der Waals surface area (Å²) < 4.78 is 12.6. The van der Waals surface area contributed by atoms with Gasteiger partial charge >= 0.3 is 0 Å². The quantitative estimate of drug-likeness (QED) is 0.334. The normalized spacial score (nSPS) is 10.7. The van der Waals surface area contributed by atoms with Crippen molar-refractivity contribution in [3.05, 3.63) is 97.0 Å². The summed E-state index contributed by atoms with van der Waals surface area (Å²) in [4.78, 5) is 21.9. The van der Waals surface area contributed by atoms with Crippen LogP contribution in [-0.4, -0.2) is 34.5 Å². The average Bonchev–Trinajstić information content (AvgIpc) is 3.38. The minimum Gasteiger partial charge on any atom is -0.497 e. The maximum atomic E-state index is 12.6. The largest absolute Gasteiger partial charge is 0.497 e. The van der Waals surface area contributed by atoms with Gasteiger partial charge in [-0.2, -0.15) is 0 Å². The van der Waals surface area contributed by atoms with E-state index in [9.17, 15) is 4.79 Å². The van der Waals surface area contributed by atoms with E-state index in [1.54, 1.807) is 44.7 Å². The van der Waals surface area contributed by atoms with Crippen molar-refractivity contribution in [1.29, 1.82) is 0 Å². The van der Waals surface area contributed by atoms with Crippen LogP contribution in [0.1, 0.15) is 10.4 Å². The van der Waals surface area contributed by atoms with Crippen molar-refractivity contribution in [3.8, 4) is 22.8 Å². The van der Waals surface area contributed by atoms with Crippen molar-refractivity contribution in [3.63, 3.8) is 0 Å². The molecule has 8 nitrogen and oxygen atoms in total. The highest BCUT2D eigenvalue weighted by Crippen LogP contribution is 2.30. The molecule has 0 bridgehead atoms. The second-order valence-electron chi connectivity index (χ2n) is 7.72. The van der Waals surface area contributed by atoms with Gasteiger partial charge < -0.3 is 24.5 Å². The maximum absolute atomic E-state index is 12.6. The van der Waals surface area contributed by atoms with Gasteiger partial charge in [0.05, 0.1) is 25.6 Å². The Labute approximate surface area is 202 Å². The molecule has 2 N–H and O–H groups in total. The second-order valence-corrected chi connectivity index (χ2v) is 7.72. The number of fused-ring (bicyclic) bond motifs is 1. The number of nitrogens with one attached hydrogen (secondary N) is 2. The number of amides is 1. The fourth-order valence-corrected chi connectivity index (χ4v) is 3.72. The van der Waals surface area contributed by atoms with E-state index in [2.05, 4.69) is 15.6 Å². The van der Waals surface area contributed by atoms with Gasteiger partial charge in [-0.15, -0.1) is 0 Å². The second kappa shape index (κ2) is 9.56. The topological polar surface area (TPSA) is 89.8 Å². The third-order valence-electron chi connectivity index (χ3n) is 5.50. The molecule has 0 saturated carbocycles. The van der Waals surface area contributed by atoms with Crippen molar-refractivity contribution in [1.82, 2.24) is 14.4 Å². The monoisotopic (exact) mass is 465 g/mol. The van der Waals surface area contributed by atoms with E-state index < -0.39 is 0 Å². The molecule has 0 unspecified atom stereocenters. The number of hydrogen-bond acceptors (Lipinski definition) is 6. The predicted molar refractivity (Wildman–Crippen MR) is 136 cm³/mol. The highest BCUT2D eigenvalue weighted by atomic mass is 16.5. The summed E-state index contributed by atoms with van der Waals surface area (Å²) in [5, 5.41) is 6.26. The summed E-state index contributed by atoms with van der Waals surface area (Å²) in [5.41, 5.74) is 4.33. The molecule has 0 saturated heterocycles. The first-order valence-corrected chi connectivity index (χ1v) is 10.9. The summed E-state index contributed by atoms with van der Waals surface area (Å²) in [6.07, 6.45) is 5.52. The molecule has 0 spiro atoms. The Morgan fingerprint density at radius 1 is 0.943 bits per heavy atom. The number of benzene rings is 3. The molecule has 5 rings (SSSR count). The SMILES string of the molecule is COc1cccc(C(=O)Nc2ccc(-c3cn4ccnc4c(Nc4ccccc4OC)n3)cc2)c1. The lowest BCUT2D eigenvalue weighted by Crippen LogP contribution is -2.11. The minimum atomic E-state index is -0.210. The Kier molecular flexibility index (Phi) is 6.00. The Bertz CT molecular complexity index is 1490. The smallest absolute Gasteiger partial charge is 0.255 e. The number of aromatic nitrogens is 3. The number of imidazole rings is 1. The van der Waals surface area contributed by atoms with Crippen LogP contribution in [0.15, 0.2) is 91.4 Å². The molecule has 35 heavy (non-hydrogen) atoms. The van der Waals surface area contributed by atoms with Gasteiger partial charge in [-0.3, -0.25) is 4.79 Å². The van der Waals surface area contributed by atoms with Gasteiger partial charge in [0.15, 0.2) is 11.5 Å². The summed E-state index contributed by atoms with van der Waals surface area (Å²) in [5.74, 6) is 1.73. The van der Waals surface area contributed by atoms with Crippen LogP contribution in [0.25, 0.3) is 16.9 Å². The fourth-order valence-electron chi connectivity index (χ4n) is 3.72. The van der Waals surface area contributed by atoms with Crippen molar-refractivity contribution in [2.75, 3.05) is 24.9 Å². The lowest BCUT2D eigenvalue weighted by atomic mass is 10.1. The predicted octanol–water partition coefficient (Wildman–Crippen LogP) is 5.41. The highest BCUT2D eigenvalue weighted by Gasteiger charge is 2.12. The van der Waals surface area contributed by atoms with Crippen LogP contribution < -0.4 is 20.1 Å². The van der Waals surface area contributed by atoms with Gasteiger partial charge in [-0.1, -0.05) is 30.3 Å². The lowest BCUT2D eigenvalue weighted by molar-refractivity contribution is 0.102. The number of nitrogens with zero attached hydrogens (tertiary/aromatic N) is 3. The molecule has 0 atom stereocenters. The minimum absolute atomic E-state index is 0.210. The molecule has 2 heterocycles. The molecule has 5 aromatic rings. The molecule has 0 radical (unpaired) electrons. The number of hydrogen-bond donors (Lipinski definition) is 2. The van der Waals surface area contributed by atoms with Gasteiger partial charge in [0, 0.05) is 35.4 Å². The zero-order chi connectivity index (χ0) is 24.2. The molecule has 3 aromatic carbocycles. The number of anilines is 3. The zero-order valence-corrected chi connectivity index (χ0v) is 19.2. The van der Waals surface area contributed by atoms with E-state index >= 15 is 0 Å². The molecule has 0 aliphatic carbocycles. The average molecular weight is 466 g/mol. The number of para-hydroxylation sites is 2. The van der Waals surface area contributed by atoms with Crippen molar-refractivity contribution in [2.24, 2.45) is 0 Å². The van der Waals surface area contributed by atoms with Gasteiger partial charge in [0.25, 0.3) is 5.91 Å². The standard InChI is InChI=1S/C27H23N5O3/c1-34-21-7-5-6-19(16-21)27(33)29-20-12-10-18(11-13-20)23-17-32-15-14-28-26(32)25(31-23)30-22-8-3-4-9-24(22)35-2/h3-17H,1-2H3,(H,29,33)(H,30,31). The van der Waals surface area contributed by atoms with E-state index in [0.29, 0.717) is 34.2 Å². The van der Waals surface area contributed by atoms with Crippen LogP contribution in [0.4, 0.5) is 17.2 Å². The van der Waals surface area contributed by atoms with E-state index in [-0.39, 0.29) is 5.91 Å². The van der Waals surface area contributed by atoms with Crippen LogP contribution in [0.2, 0.25) is 0 Å². The van der Waals surface area contributed by atoms with E-state index in [1.165, 1.54) is 0 Å². The fraction of sp³-hybridized carbons (Fsp3) is 0.0741. The van der Waals surface area contributed by atoms with Crippen LogP contribution in [-0.2, 0) is 0 Å². The first kappa shape index (κ1) is 22.0. The molecular formula is C27H23N5O3. The first-order valence-electron chi connectivity index (χ1n) is 10.9. The van der Waals surface area contributed by atoms with Crippen LogP contribution in [0.5, 0.6) is 11.5 Å². The van der Waals surface area contributed by atoms with Crippen LogP contribution in [0, 0.1) is 0 Å². The molecular weight excluding hydrogens is 442 g/mol. The molecule has 0 aliphatic rings. The van der Waals surface area contributed by atoms with Gasteiger partial charge in [0.1, 0.15) is 11.5 Å². The lowest BCUT2D eigenvalue weighted by Gasteiger charge is -2.13. The Morgan fingerprint density at radius 2 is 1.77 bits per heavy atom. The summed E-state index contributed by atoms with van der Waals surface area (Å²) >= 11 is 0. The number of ether oxygens (including phenoxy) is 2. The Hall–Kier alpha value is -4.85. The molecule has 0 aliphatic heterocycles. The third-order valence-corrected chi connectivity index (χ3v) is 5.50. The summed E-state index contributed by atoms with van der Waals surface area (Å²) in [7, 11) is 3.20. The molecule has 174 valence electrons. The number of carbonyl (C=O) groups excluding carboxylic acids is 1. The number of methoxy groups -OCH3 is 2. The maximum Gasteiger partial charge on any atom is 0.255 e. The van der Waals surface area contributed by atoms with Gasteiger partial charge in [0.2, 0.25) is 0 Å². The van der Waals surface area contributed by atoms with E-state index in [4.69, 9.17) is 14.5 Å². The van der Waals surface area contributed by atoms with Crippen molar-refractivity contribution >= 4 is 28.7 Å². The van der Waals surface area contributed by atoms with Crippen molar-refractivity contribution < 1.29 is 14.3 Å². The highest BCUT2D eigenvalue weighted by molar-refractivity contribution is 6.04. The van der Waals surface area contributed by atoms with Crippen LogP contribution >= 0.6 is 0 Å². The third kappa shape index (κ3) is 4.63. The Balaban J connectivity index is 1.41. The van der Waals surface area contributed by atoms with Gasteiger partial charge in [-0.25, -0.2) is 9.97 Å². The van der Waals surface area contributed by atoms with Crippen molar-refractivity contribution in [2.45, 2.75) is 0 Å². The Morgan fingerprint density at radius 3 is 2.57 bits per heavy atom. The molecule has 1 amide bonds. The summed E-state index contributed by atoms with van der Waals surface area (Å²) in [6.45, 7) is 0. The molecule has 8 heteroatoms. The van der Waals surface area contributed by atoms with Gasteiger partial charge in [-0.05, 0) is 42.5 Å². The molecule has 0 fully saturated rings. The van der Waals surface area contributed by atoms with E-state index in [1.807, 2.05) is 65.3 Å². The van der Waals surface area contributed by atoms with Crippen LogP contribution in [0.3, 0.4) is 0 Å². The zero-order valence-electron chi connectivity index (χ0n) is 19.2. The summed E-state index contributed by atoms with van der Waals surface area (Å²) in [6, 6.07) is 22.2. The first-order chi connectivity index (χ1) is 17.1. The van der Waals surface area contributed by atoms with E-state index in [0.717, 1.165) is 16.9 Å². The molecule has 2 aromatic heterocycles. The number of rotatable bonds is 7. The number of carbonyl (C=O) groups is 1.